The molecule has 25 heavy (non-hydrogen) atoms. The quantitative estimate of drug-likeness (QED) is 0.913. The van der Waals surface area contributed by atoms with E-state index < -0.39 is 0 Å². The molecule has 0 saturated carbocycles. The lowest BCUT2D eigenvalue weighted by Crippen LogP contribution is -2.43. The number of hydrogen-bond acceptors (Lipinski definition) is 5. The molecule has 1 amide bonds. The number of carbonyl (C=O) groups excluding carboxylic acids is 1. The van der Waals surface area contributed by atoms with E-state index in [1.54, 1.807) is 0 Å². The molecule has 4 rings (SSSR count). The molecule has 1 aromatic carbocycles. The van der Waals surface area contributed by atoms with E-state index in [1.165, 1.54) is 22.5 Å². The summed E-state index contributed by atoms with van der Waals surface area (Å²) >= 11 is 1.38. The molecule has 0 bridgehead atoms. The predicted molar refractivity (Wildman–Crippen MR) is 97.7 cm³/mol. The smallest absolute Gasteiger partial charge is 0.265 e. The van der Waals surface area contributed by atoms with Gasteiger partial charge in [-0.2, -0.15) is 0 Å². The van der Waals surface area contributed by atoms with Gasteiger partial charge in [-0.3, -0.25) is 9.69 Å². The number of carbonyl (C=O) groups is 1. The first-order valence-corrected chi connectivity index (χ1v) is 9.56. The summed E-state index contributed by atoms with van der Waals surface area (Å²) in [4.78, 5) is 15.6. The Morgan fingerprint density at radius 2 is 2.08 bits per heavy atom. The van der Waals surface area contributed by atoms with E-state index >= 15 is 0 Å². The third-order valence-corrected chi connectivity index (χ3v) is 5.57. The minimum absolute atomic E-state index is 0.0695. The Kier molecular flexibility index (Phi) is 4.63. The lowest BCUT2D eigenvalue weighted by molar-refractivity contribution is 0.0922. The second kappa shape index (κ2) is 7.06. The molecular weight excluding hydrogens is 336 g/mol. The number of thiophene rings is 1. The van der Waals surface area contributed by atoms with Gasteiger partial charge in [0.1, 0.15) is 18.1 Å². The number of hydrogen-bond donors (Lipinski definition) is 1. The highest BCUT2D eigenvalue weighted by molar-refractivity contribution is 7.12. The highest BCUT2D eigenvalue weighted by Crippen LogP contribution is 2.39. The van der Waals surface area contributed by atoms with Crippen LogP contribution in [0.15, 0.2) is 29.6 Å². The number of rotatable bonds is 4. The summed E-state index contributed by atoms with van der Waals surface area (Å²) in [7, 11) is 0. The highest BCUT2D eigenvalue weighted by Gasteiger charge is 2.25. The second-order valence-corrected chi connectivity index (χ2v) is 7.46. The Hall–Kier alpha value is -2.05. The average Bonchev–Trinajstić information content (AvgIpc) is 3.05. The number of benzene rings is 1. The van der Waals surface area contributed by atoms with Crippen LogP contribution in [0.25, 0.3) is 0 Å². The molecule has 0 fully saturated rings. The molecule has 2 aromatic rings. The normalized spacial score (nSPS) is 17.6. The van der Waals surface area contributed by atoms with Gasteiger partial charge in [-0.1, -0.05) is 24.3 Å². The molecule has 1 aromatic heterocycles. The second-order valence-electron chi connectivity index (χ2n) is 6.58. The van der Waals surface area contributed by atoms with Gasteiger partial charge in [0.25, 0.3) is 5.91 Å². The molecule has 2 aliphatic heterocycles. The Balaban J connectivity index is 1.36. The standard InChI is InChI=1S/C19H22N2O3S/c1-13(10-21-7-6-14-4-2-3-5-15(14)11-21)20-19(22)18-17-16(12-25-18)23-8-9-24-17/h2-5,12-13H,6-11H2,1H3,(H,20,22)/t13-/m1/s1. The SMILES string of the molecule is C[C@H](CN1CCc2ccccc2C1)NC(=O)c1scc2c1OCCO2. The van der Waals surface area contributed by atoms with Crippen LogP contribution >= 0.6 is 11.3 Å². The van der Waals surface area contributed by atoms with Crippen LogP contribution in [0.4, 0.5) is 0 Å². The lowest BCUT2D eigenvalue weighted by atomic mass is 10.00. The largest absolute Gasteiger partial charge is 0.485 e. The topological polar surface area (TPSA) is 50.8 Å². The van der Waals surface area contributed by atoms with Gasteiger partial charge in [-0.25, -0.2) is 0 Å². The molecule has 0 radical (unpaired) electrons. The summed E-state index contributed by atoms with van der Waals surface area (Å²) in [5.41, 5.74) is 2.84. The molecule has 5 nitrogen and oxygen atoms in total. The molecular formula is C19H22N2O3S. The van der Waals surface area contributed by atoms with Crippen LogP contribution in [0.5, 0.6) is 11.5 Å². The van der Waals surface area contributed by atoms with Crippen molar-refractivity contribution in [3.05, 3.63) is 45.6 Å². The molecule has 1 atom stereocenters. The van der Waals surface area contributed by atoms with Gasteiger partial charge < -0.3 is 14.8 Å². The molecule has 0 unspecified atom stereocenters. The van der Waals surface area contributed by atoms with Crippen LogP contribution in [-0.2, 0) is 13.0 Å². The van der Waals surface area contributed by atoms with Gasteiger partial charge in [0.15, 0.2) is 11.5 Å². The summed E-state index contributed by atoms with van der Waals surface area (Å²) in [6.45, 7) is 5.90. The zero-order chi connectivity index (χ0) is 17.2. The minimum Gasteiger partial charge on any atom is -0.485 e. The molecule has 0 spiro atoms. The molecule has 6 heteroatoms. The van der Waals surface area contributed by atoms with Gasteiger partial charge >= 0.3 is 0 Å². The molecule has 3 heterocycles. The van der Waals surface area contributed by atoms with Crippen LogP contribution in [0, 0.1) is 0 Å². The first-order valence-electron chi connectivity index (χ1n) is 8.68. The molecule has 2 aliphatic rings. The van der Waals surface area contributed by atoms with E-state index in [0.29, 0.717) is 29.6 Å². The first kappa shape index (κ1) is 16.4. The zero-order valence-electron chi connectivity index (χ0n) is 14.3. The third kappa shape index (κ3) is 3.50. The average molecular weight is 358 g/mol. The van der Waals surface area contributed by atoms with E-state index in [2.05, 4.69) is 41.4 Å². The Morgan fingerprint density at radius 1 is 1.28 bits per heavy atom. The van der Waals surface area contributed by atoms with Gasteiger partial charge in [-0.15, -0.1) is 11.3 Å². The lowest BCUT2D eigenvalue weighted by Gasteiger charge is -2.31. The molecule has 132 valence electrons. The predicted octanol–water partition coefficient (Wildman–Crippen LogP) is 2.70. The molecule has 1 N–H and O–H groups in total. The van der Waals surface area contributed by atoms with Crippen LogP contribution < -0.4 is 14.8 Å². The fourth-order valence-corrected chi connectivity index (χ4v) is 4.28. The molecule has 0 saturated heterocycles. The van der Waals surface area contributed by atoms with E-state index in [-0.39, 0.29) is 11.9 Å². The van der Waals surface area contributed by atoms with Crippen molar-refractivity contribution in [2.24, 2.45) is 0 Å². The van der Waals surface area contributed by atoms with Gasteiger partial charge in [0.05, 0.1) is 0 Å². The minimum atomic E-state index is -0.0818. The van der Waals surface area contributed by atoms with Crippen LogP contribution in [0.1, 0.15) is 27.7 Å². The van der Waals surface area contributed by atoms with Crippen molar-refractivity contribution in [1.82, 2.24) is 10.2 Å². The number of ether oxygens (including phenoxy) is 2. The number of nitrogens with zero attached hydrogens (tertiary/aromatic N) is 1. The Labute approximate surface area is 151 Å². The summed E-state index contributed by atoms with van der Waals surface area (Å²) in [5, 5.41) is 4.94. The van der Waals surface area contributed by atoms with E-state index in [0.717, 1.165) is 26.1 Å². The van der Waals surface area contributed by atoms with Crippen molar-refractivity contribution in [1.29, 1.82) is 0 Å². The van der Waals surface area contributed by atoms with Crippen molar-refractivity contribution >= 4 is 17.2 Å². The summed E-state index contributed by atoms with van der Waals surface area (Å²) < 4.78 is 11.1. The number of nitrogens with one attached hydrogen (secondary N) is 1. The highest BCUT2D eigenvalue weighted by atomic mass is 32.1. The van der Waals surface area contributed by atoms with Crippen LogP contribution in [0.2, 0.25) is 0 Å². The van der Waals surface area contributed by atoms with E-state index in [4.69, 9.17) is 9.47 Å². The first-order chi connectivity index (χ1) is 12.2. The fourth-order valence-electron chi connectivity index (χ4n) is 3.45. The third-order valence-electron chi connectivity index (χ3n) is 4.63. The monoisotopic (exact) mass is 358 g/mol. The Morgan fingerprint density at radius 3 is 2.96 bits per heavy atom. The van der Waals surface area contributed by atoms with Crippen molar-refractivity contribution in [3.8, 4) is 11.5 Å². The van der Waals surface area contributed by atoms with E-state index in [1.807, 2.05) is 5.38 Å². The summed E-state index contributed by atoms with van der Waals surface area (Å²) in [6.07, 6.45) is 1.07. The van der Waals surface area contributed by atoms with Crippen molar-refractivity contribution in [2.45, 2.75) is 25.9 Å². The number of fused-ring (bicyclic) bond motifs is 2. The van der Waals surface area contributed by atoms with Crippen molar-refractivity contribution in [2.75, 3.05) is 26.3 Å². The fraction of sp³-hybridized carbons (Fsp3) is 0.421. The van der Waals surface area contributed by atoms with Crippen molar-refractivity contribution in [3.63, 3.8) is 0 Å². The van der Waals surface area contributed by atoms with Crippen LogP contribution in [0.3, 0.4) is 0 Å². The van der Waals surface area contributed by atoms with Crippen LogP contribution in [-0.4, -0.2) is 43.2 Å². The Bertz CT molecular complexity index is 774. The number of amides is 1. The van der Waals surface area contributed by atoms with E-state index in [9.17, 15) is 4.79 Å². The van der Waals surface area contributed by atoms with Gasteiger partial charge in [0.2, 0.25) is 0 Å². The maximum Gasteiger partial charge on any atom is 0.265 e. The molecule has 0 aliphatic carbocycles. The summed E-state index contributed by atoms with van der Waals surface area (Å²) in [5.74, 6) is 1.19. The zero-order valence-corrected chi connectivity index (χ0v) is 15.1. The maximum absolute atomic E-state index is 12.6. The van der Waals surface area contributed by atoms with Crippen molar-refractivity contribution < 1.29 is 14.3 Å². The van der Waals surface area contributed by atoms with Gasteiger partial charge in [0, 0.05) is 31.1 Å². The summed E-state index contributed by atoms with van der Waals surface area (Å²) in [6, 6.07) is 8.67. The van der Waals surface area contributed by atoms with Gasteiger partial charge in [-0.05, 0) is 24.5 Å². The maximum atomic E-state index is 12.6.